The standard InChI is InChI=1S/C17H18ClFN6O2/c1-2-26-16-7-11(9-21-25-17(20)22-23-24-25)3-6-15(16)27-10-12-4-5-13(19)8-14(12)18/h3-8,21H,2,9-10H2,1H3,(H2,20,22,24). The average molecular weight is 393 g/mol. The molecule has 0 radical (unpaired) electrons. The van der Waals surface area contributed by atoms with E-state index in [1.807, 2.05) is 19.1 Å². The molecule has 0 bridgehead atoms. The lowest BCUT2D eigenvalue weighted by Gasteiger charge is -2.14. The van der Waals surface area contributed by atoms with Crippen molar-refractivity contribution in [2.24, 2.45) is 0 Å². The molecule has 0 aliphatic rings. The van der Waals surface area contributed by atoms with Gasteiger partial charge in [-0.05, 0) is 47.2 Å². The Bertz CT molecular complexity index is 920. The van der Waals surface area contributed by atoms with Crippen LogP contribution in [0.2, 0.25) is 5.02 Å². The van der Waals surface area contributed by atoms with Crippen molar-refractivity contribution in [3.05, 3.63) is 58.4 Å². The topological polar surface area (TPSA) is 100 Å². The molecule has 10 heteroatoms. The van der Waals surface area contributed by atoms with E-state index >= 15 is 0 Å². The largest absolute Gasteiger partial charge is 0.490 e. The molecule has 3 N–H and O–H groups in total. The molecule has 142 valence electrons. The summed E-state index contributed by atoms with van der Waals surface area (Å²) in [4.78, 5) is 1.28. The fourth-order valence-electron chi connectivity index (χ4n) is 2.32. The zero-order valence-electron chi connectivity index (χ0n) is 14.5. The molecule has 1 aromatic heterocycles. The number of tetrazole rings is 1. The molecule has 2 aromatic carbocycles. The van der Waals surface area contributed by atoms with Gasteiger partial charge in [0.1, 0.15) is 12.4 Å². The molecule has 0 saturated carbocycles. The smallest absolute Gasteiger partial charge is 0.260 e. The SMILES string of the molecule is CCOc1cc(CNn2nnnc2N)ccc1OCc1ccc(F)cc1Cl. The third-order valence-electron chi connectivity index (χ3n) is 3.63. The van der Waals surface area contributed by atoms with Gasteiger partial charge >= 0.3 is 0 Å². The number of hydrogen-bond donors (Lipinski definition) is 2. The van der Waals surface area contributed by atoms with Crippen molar-refractivity contribution in [2.45, 2.75) is 20.1 Å². The molecule has 0 fully saturated rings. The molecule has 0 amide bonds. The lowest BCUT2D eigenvalue weighted by Crippen LogP contribution is -2.18. The van der Waals surface area contributed by atoms with Gasteiger partial charge in [0.25, 0.3) is 5.95 Å². The van der Waals surface area contributed by atoms with Gasteiger partial charge in [-0.1, -0.05) is 28.8 Å². The van der Waals surface area contributed by atoms with Gasteiger partial charge in [0.2, 0.25) is 0 Å². The predicted octanol–water partition coefficient (Wildman–Crippen LogP) is 2.77. The summed E-state index contributed by atoms with van der Waals surface area (Å²) in [6, 6.07) is 9.70. The van der Waals surface area contributed by atoms with Crippen LogP contribution in [-0.2, 0) is 13.2 Å². The summed E-state index contributed by atoms with van der Waals surface area (Å²) in [5.41, 5.74) is 10.2. The fourth-order valence-corrected chi connectivity index (χ4v) is 2.54. The number of hydrogen-bond acceptors (Lipinski definition) is 7. The van der Waals surface area contributed by atoms with Gasteiger partial charge in [-0.3, -0.25) is 0 Å². The highest BCUT2D eigenvalue weighted by atomic mass is 35.5. The van der Waals surface area contributed by atoms with Crippen molar-refractivity contribution < 1.29 is 13.9 Å². The van der Waals surface area contributed by atoms with E-state index in [4.69, 9.17) is 26.8 Å². The number of halogens is 2. The Balaban J connectivity index is 1.70. The van der Waals surface area contributed by atoms with E-state index in [1.165, 1.54) is 16.9 Å². The van der Waals surface area contributed by atoms with Gasteiger partial charge < -0.3 is 20.6 Å². The van der Waals surface area contributed by atoms with E-state index < -0.39 is 0 Å². The summed E-state index contributed by atoms with van der Waals surface area (Å²) >= 11 is 6.04. The lowest BCUT2D eigenvalue weighted by molar-refractivity contribution is 0.269. The third-order valence-corrected chi connectivity index (χ3v) is 3.98. The lowest BCUT2D eigenvalue weighted by atomic mass is 10.2. The number of nitrogen functional groups attached to an aromatic ring is 1. The molecule has 0 spiro atoms. The van der Waals surface area contributed by atoms with Crippen LogP contribution in [-0.4, -0.2) is 26.9 Å². The minimum absolute atomic E-state index is 0.163. The predicted molar refractivity (Wildman–Crippen MR) is 98.6 cm³/mol. The zero-order chi connectivity index (χ0) is 19.2. The van der Waals surface area contributed by atoms with Crippen LogP contribution in [0.1, 0.15) is 18.1 Å². The molecule has 1 heterocycles. The van der Waals surface area contributed by atoms with Crippen molar-refractivity contribution >= 4 is 17.5 Å². The molecule has 3 rings (SSSR count). The highest BCUT2D eigenvalue weighted by Gasteiger charge is 2.10. The maximum atomic E-state index is 13.1. The first-order chi connectivity index (χ1) is 13.1. The number of ether oxygens (including phenoxy) is 2. The summed E-state index contributed by atoms with van der Waals surface area (Å²) in [5.74, 6) is 0.914. The zero-order valence-corrected chi connectivity index (χ0v) is 15.3. The molecule has 0 aliphatic carbocycles. The van der Waals surface area contributed by atoms with Gasteiger partial charge in [0.15, 0.2) is 11.5 Å². The first-order valence-corrected chi connectivity index (χ1v) is 8.54. The molecular formula is C17H18ClFN6O2. The molecule has 0 aliphatic heterocycles. The number of benzene rings is 2. The van der Waals surface area contributed by atoms with Crippen LogP contribution in [0.4, 0.5) is 10.3 Å². The molecule has 0 unspecified atom stereocenters. The number of nitrogens with two attached hydrogens (primary N) is 1. The van der Waals surface area contributed by atoms with Crippen LogP contribution in [0.3, 0.4) is 0 Å². The van der Waals surface area contributed by atoms with Gasteiger partial charge in [-0.2, -0.15) is 0 Å². The Morgan fingerprint density at radius 3 is 2.74 bits per heavy atom. The van der Waals surface area contributed by atoms with Crippen molar-refractivity contribution in [3.63, 3.8) is 0 Å². The Morgan fingerprint density at radius 2 is 2.04 bits per heavy atom. The van der Waals surface area contributed by atoms with Gasteiger partial charge in [-0.25, -0.2) is 4.39 Å². The Morgan fingerprint density at radius 1 is 1.19 bits per heavy atom. The Labute approximate surface area is 160 Å². The van der Waals surface area contributed by atoms with E-state index in [0.29, 0.717) is 35.2 Å². The summed E-state index contributed by atoms with van der Waals surface area (Å²) < 4.78 is 24.6. The van der Waals surface area contributed by atoms with Gasteiger partial charge in [-0.15, -0.1) is 4.79 Å². The molecule has 8 nitrogen and oxygen atoms in total. The number of nitrogens with zero attached hydrogens (tertiary/aromatic N) is 4. The molecular weight excluding hydrogens is 375 g/mol. The van der Waals surface area contributed by atoms with E-state index in [9.17, 15) is 4.39 Å². The van der Waals surface area contributed by atoms with Crippen LogP contribution >= 0.6 is 11.6 Å². The van der Waals surface area contributed by atoms with E-state index in [-0.39, 0.29) is 18.4 Å². The van der Waals surface area contributed by atoms with Crippen LogP contribution in [0.15, 0.2) is 36.4 Å². The van der Waals surface area contributed by atoms with E-state index in [2.05, 4.69) is 21.0 Å². The monoisotopic (exact) mass is 392 g/mol. The first-order valence-electron chi connectivity index (χ1n) is 8.17. The van der Waals surface area contributed by atoms with E-state index in [0.717, 1.165) is 5.56 Å². The molecule has 3 aromatic rings. The minimum atomic E-state index is -0.390. The second-order valence-corrected chi connectivity index (χ2v) is 5.93. The first kappa shape index (κ1) is 18.7. The number of aromatic nitrogens is 4. The summed E-state index contributed by atoms with van der Waals surface area (Å²) in [6.07, 6.45) is 0. The van der Waals surface area contributed by atoms with Crippen LogP contribution in [0.25, 0.3) is 0 Å². The highest BCUT2D eigenvalue weighted by molar-refractivity contribution is 6.31. The highest BCUT2D eigenvalue weighted by Crippen LogP contribution is 2.30. The quantitative estimate of drug-likeness (QED) is 0.607. The summed E-state index contributed by atoms with van der Waals surface area (Å²) in [7, 11) is 0. The van der Waals surface area contributed by atoms with Crippen LogP contribution in [0, 0.1) is 5.82 Å². The van der Waals surface area contributed by atoms with Crippen LogP contribution in [0.5, 0.6) is 11.5 Å². The molecule has 27 heavy (non-hydrogen) atoms. The van der Waals surface area contributed by atoms with Crippen molar-refractivity contribution in [1.82, 2.24) is 20.3 Å². The Hall–Kier alpha value is -3.07. The number of anilines is 1. The number of rotatable bonds is 8. The van der Waals surface area contributed by atoms with Crippen molar-refractivity contribution in [2.75, 3.05) is 17.8 Å². The Kier molecular flexibility index (Phi) is 5.92. The number of nitrogens with one attached hydrogen (secondary N) is 1. The van der Waals surface area contributed by atoms with E-state index in [1.54, 1.807) is 12.1 Å². The summed E-state index contributed by atoms with van der Waals surface area (Å²) in [5, 5.41) is 11.1. The molecule has 0 saturated heterocycles. The average Bonchev–Trinajstić information content (AvgIpc) is 3.05. The van der Waals surface area contributed by atoms with Crippen molar-refractivity contribution in [3.8, 4) is 11.5 Å². The van der Waals surface area contributed by atoms with Crippen LogP contribution < -0.4 is 20.6 Å². The second-order valence-electron chi connectivity index (χ2n) is 5.52. The normalized spacial score (nSPS) is 10.6. The summed E-state index contributed by atoms with van der Waals surface area (Å²) in [6.45, 7) is 2.98. The maximum absolute atomic E-state index is 13.1. The second kappa shape index (κ2) is 8.54. The minimum Gasteiger partial charge on any atom is -0.490 e. The third kappa shape index (κ3) is 4.76. The van der Waals surface area contributed by atoms with Gasteiger partial charge in [0.05, 0.1) is 18.2 Å². The fraction of sp³-hybridized carbons (Fsp3) is 0.235. The maximum Gasteiger partial charge on any atom is 0.260 e. The van der Waals surface area contributed by atoms with Gasteiger partial charge in [0, 0.05) is 5.56 Å². The molecule has 0 atom stereocenters. The van der Waals surface area contributed by atoms with Crippen molar-refractivity contribution in [1.29, 1.82) is 0 Å².